The molecule has 5 rings (SSSR count). The Morgan fingerprint density at radius 2 is 2.03 bits per heavy atom. The van der Waals surface area contributed by atoms with E-state index in [1.807, 2.05) is 6.07 Å². The molecule has 0 fully saturated rings. The van der Waals surface area contributed by atoms with Crippen LogP contribution >= 0.6 is 0 Å². The molecule has 0 aliphatic carbocycles. The summed E-state index contributed by atoms with van der Waals surface area (Å²) >= 11 is 0. The first-order chi connectivity index (χ1) is 14.0. The van der Waals surface area contributed by atoms with Crippen LogP contribution in [-0.2, 0) is 22.8 Å². The lowest BCUT2D eigenvalue weighted by atomic mass is 10.1. The van der Waals surface area contributed by atoms with Gasteiger partial charge in [-0.3, -0.25) is 9.89 Å². The van der Waals surface area contributed by atoms with Crippen molar-refractivity contribution in [1.29, 1.82) is 0 Å². The number of pyridine rings is 1. The highest BCUT2D eigenvalue weighted by atomic mass is 32.2. The van der Waals surface area contributed by atoms with Crippen LogP contribution in [0.3, 0.4) is 0 Å². The highest BCUT2D eigenvalue weighted by Crippen LogP contribution is 2.24. The lowest BCUT2D eigenvalue weighted by Crippen LogP contribution is -2.23. The van der Waals surface area contributed by atoms with E-state index in [2.05, 4.69) is 20.3 Å². The van der Waals surface area contributed by atoms with Gasteiger partial charge in [0, 0.05) is 29.8 Å². The van der Waals surface area contributed by atoms with E-state index in [1.54, 1.807) is 6.20 Å². The van der Waals surface area contributed by atoms with E-state index in [1.165, 1.54) is 41.5 Å². The minimum atomic E-state index is -3.71. The van der Waals surface area contributed by atoms with Gasteiger partial charge in [0.15, 0.2) is 0 Å². The van der Waals surface area contributed by atoms with Crippen LogP contribution in [0.25, 0.3) is 10.8 Å². The molecule has 0 radical (unpaired) electrons. The van der Waals surface area contributed by atoms with Crippen LogP contribution in [0.5, 0.6) is 5.88 Å². The lowest BCUT2D eigenvalue weighted by Gasteiger charge is -2.08. The minimum Gasteiger partial charge on any atom is -0.477 e. The van der Waals surface area contributed by atoms with E-state index < -0.39 is 9.84 Å². The van der Waals surface area contributed by atoms with Gasteiger partial charge >= 0.3 is 0 Å². The average Bonchev–Trinajstić information content (AvgIpc) is 3.41. The molecule has 0 bridgehead atoms. The smallest absolute Gasteiger partial charge is 0.274 e. The monoisotopic (exact) mass is 409 g/mol. The molecule has 3 aromatic heterocycles. The van der Waals surface area contributed by atoms with Crippen LogP contribution in [0, 0.1) is 0 Å². The SMILES string of the molecule is O=c1c2ccc(S(=O)(=O)c3cn[nH]c3)cc2cnn1Cc1cnc2c(c1)CCO2. The summed E-state index contributed by atoms with van der Waals surface area (Å²) in [6, 6.07) is 6.35. The molecule has 0 unspecified atom stereocenters. The van der Waals surface area contributed by atoms with Gasteiger partial charge < -0.3 is 4.74 Å². The number of sulfone groups is 1. The number of nitrogens with zero attached hydrogens (tertiary/aromatic N) is 4. The summed E-state index contributed by atoms with van der Waals surface area (Å²) in [5.74, 6) is 0.638. The number of H-pyrrole nitrogens is 1. The van der Waals surface area contributed by atoms with Crippen LogP contribution in [0.15, 0.2) is 63.6 Å². The Labute approximate surface area is 164 Å². The zero-order chi connectivity index (χ0) is 20.0. The first-order valence-corrected chi connectivity index (χ1v) is 10.3. The van der Waals surface area contributed by atoms with Crippen LogP contribution in [0.1, 0.15) is 11.1 Å². The van der Waals surface area contributed by atoms with Crippen LogP contribution in [0.2, 0.25) is 0 Å². The molecule has 4 heterocycles. The van der Waals surface area contributed by atoms with Gasteiger partial charge in [0.25, 0.3) is 5.56 Å². The van der Waals surface area contributed by atoms with E-state index >= 15 is 0 Å². The Kier molecular flexibility index (Phi) is 3.95. The minimum absolute atomic E-state index is 0.0613. The summed E-state index contributed by atoms with van der Waals surface area (Å²) in [5.41, 5.74) is 1.57. The fourth-order valence-electron chi connectivity index (χ4n) is 3.34. The standard InChI is InChI=1S/C19H15N5O4S/c25-19-17-2-1-15(29(26,27)16-9-21-22-10-16)6-14(17)8-23-24(19)11-12-5-13-3-4-28-18(13)20-7-12/h1-2,5-10H,3-4,11H2,(H,21,22). The van der Waals surface area contributed by atoms with E-state index in [0.717, 1.165) is 17.5 Å². The molecular formula is C19H15N5O4S. The Hall–Kier alpha value is -3.53. The van der Waals surface area contributed by atoms with Gasteiger partial charge in [0.2, 0.25) is 15.7 Å². The largest absolute Gasteiger partial charge is 0.477 e. The van der Waals surface area contributed by atoms with Crippen molar-refractivity contribution in [2.45, 2.75) is 22.8 Å². The predicted octanol–water partition coefficient (Wildman–Crippen LogP) is 1.33. The number of rotatable bonds is 4. The number of aromatic amines is 1. The van der Waals surface area contributed by atoms with Crippen molar-refractivity contribution in [3.8, 4) is 5.88 Å². The Balaban J connectivity index is 1.52. The van der Waals surface area contributed by atoms with Gasteiger partial charge in [-0.05, 0) is 29.8 Å². The van der Waals surface area contributed by atoms with Crippen molar-refractivity contribution >= 4 is 20.6 Å². The quantitative estimate of drug-likeness (QED) is 0.540. The molecule has 0 spiro atoms. The van der Waals surface area contributed by atoms with Gasteiger partial charge in [0.1, 0.15) is 4.90 Å². The van der Waals surface area contributed by atoms with Gasteiger partial charge in [-0.2, -0.15) is 10.2 Å². The van der Waals surface area contributed by atoms with E-state index in [0.29, 0.717) is 23.3 Å². The summed E-state index contributed by atoms with van der Waals surface area (Å²) in [6.45, 7) is 0.883. The Morgan fingerprint density at radius 1 is 1.14 bits per heavy atom. The van der Waals surface area contributed by atoms with Crippen molar-refractivity contribution in [3.63, 3.8) is 0 Å². The summed E-state index contributed by atoms with van der Waals surface area (Å²) in [7, 11) is -3.71. The maximum absolute atomic E-state index is 12.8. The van der Waals surface area contributed by atoms with E-state index in [-0.39, 0.29) is 21.9 Å². The molecule has 1 aliphatic rings. The van der Waals surface area contributed by atoms with Gasteiger partial charge in [-0.25, -0.2) is 18.1 Å². The zero-order valence-corrected chi connectivity index (χ0v) is 15.9. The van der Waals surface area contributed by atoms with E-state index in [9.17, 15) is 13.2 Å². The van der Waals surface area contributed by atoms with E-state index in [4.69, 9.17) is 4.74 Å². The first-order valence-electron chi connectivity index (χ1n) is 8.87. The molecule has 146 valence electrons. The molecule has 29 heavy (non-hydrogen) atoms. The summed E-state index contributed by atoms with van der Waals surface area (Å²) in [6.07, 6.45) is 6.51. The number of aromatic nitrogens is 5. The topological polar surface area (TPSA) is 120 Å². The highest BCUT2D eigenvalue weighted by molar-refractivity contribution is 7.91. The van der Waals surface area contributed by atoms with Crippen molar-refractivity contribution in [2.24, 2.45) is 0 Å². The van der Waals surface area contributed by atoms with Crippen LogP contribution < -0.4 is 10.3 Å². The van der Waals surface area contributed by atoms with Crippen LogP contribution in [-0.4, -0.2) is 40.0 Å². The molecule has 9 nitrogen and oxygen atoms in total. The summed E-state index contributed by atoms with van der Waals surface area (Å²) < 4.78 is 32.0. The number of fused-ring (bicyclic) bond motifs is 2. The molecule has 0 atom stereocenters. The molecule has 1 aromatic carbocycles. The van der Waals surface area contributed by atoms with Gasteiger partial charge in [-0.1, -0.05) is 0 Å². The number of hydrogen-bond acceptors (Lipinski definition) is 7. The third kappa shape index (κ3) is 2.97. The average molecular weight is 409 g/mol. The maximum atomic E-state index is 12.8. The number of hydrogen-bond donors (Lipinski definition) is 1. The predicted molar refractivity (Wildman–Crippen MR) is 103 cm³/mol. The zero-order valence-electron chi connectivity index (χ0n) is 15.1. The second-order valence-electron chi connectivity index (χ2n) is 6.70. The molecule has 10 heteroatoms. The summed E-state index contributed by atoms with van der Waals surface area (Å²) in [5, 5.41) is 11.2. The lowest BCUT2D eigenvalue weighted by molar-refractivity contribution is 0.344. The number of nitrogens with one attached hydrogen (secondary N) is 1. The van der Waals surface area contributed by atoms with Crippen LogP contribution in [0.4, 0.5) is 0 Å². The van der Waals surface area contributed by atoms with Crippen molar-refractivity contribution in [1.82, 2.24) is 25.0 Å². The fourth-order valence-corrected chi connectivity index (χ4v) is 4.54. The first kappa shape index (κ1) is 17.6. The Bertz CT molecular complexity index is 1390. The second kappa shape index (κ2) is 6.52. The summed E-state index contributed by atoms with van der Waals surface area (Å²) in [4.78, 5) is 17.3. The molecule has 0 saturated heterocycles. The fraction of sp³-hybridized carbons (Fsp3) is 0.158. The maximum Gasteiger partial charge on any atom is 0.274 e. The van der Waals surface area contributed by atoms with Gasteiger partial charge in [-0.15, -0.1) is 0 Å². The molecule has 1 aliphatic heterocycles. The Morgan fingerprint density at radius 3 is 2.86 bits per heavy atom. The second-order valence-corrected chi connectivity index (χ2v) is 8.65. The third-order valence-corrected chi connectivity index (χ3v) is 6.56. The highest BCUT2D eigenvalue weighted by Gasteiger charge is 2.20. The molecule has 1 N–H and O–H groups in total. The van der Waals surface area contributed by atoms with Crippen molar-refractivity contribution in [2.75, 3.05) is 6.61 Å². The molecule has 0 saturated carbocycles. The normalized spacial score (nSPS) is 13.4. The van der Waals surface area contributed by atoms with Gasteiger partial charge in [0.05, 0.1) is 35.8 Å². The molecular weight excluding hydrogens is 394 g/mol. The third-order valence-electron chi connectivity index (χ3n) is 4.84. The molecule has 0 amide bonds. The van der Waals surface area contributed by atoms with Crippen molar-refractivity contribution in [3.05, 3.63) is 70.5 Å². The number of benzene rings is 1. The van der Waals surface area contributed by atoms with Crippen molar-refractivity contribution < 1.29 is 13.2 Å². The number of ether oxygens (including phenoxy) is 1. The molecule has 4 aromatic rings.